The molecule has 1 fully saturated rings. The molecule has 1 aliphatic rings. The topological polar surface area (TPSA) is 20.2 Å². The van der Waals surface area contributed by atoms with Crippen LogP contribution in [0.15, 0.2) is 36.4 Å². The molecule has 0 aliphatic heterocycles. The fraction of sp³-hybridized carbons (Fsp3) is 0.286. The van der Waals surface area contributed by atoms with Gasteiger partial charge in [0.05, 0.1) is 6.61 Å². The van der Waals surface area contributed by atoms with Crippen LogP contribution in [0.4, 0.5) is 4.39 Å². The molecule has 0 heterocycles. The number of aliphatic hydroxyl groups is 1. The van der Waals surface area contributed by atoms with Crippen molar-refractivity contribution in [2.45, 2.75) is 18.3 Å². The molecule has 2 heteroatoms. The van der Waals surface area contributed by atoms with E-state index in [-0.39, 0.29) is 17.8 Å². The van der Waals surface area contributed by atoms with Crippen LogP contribution in [0, 0.1) is 5.82 Å². The van der Waals surface area contributed by atoms with E-state index in [4.69, 9.17) is 0 Å². The van der Waals surface area contributed by atoms with Crippen LogP contribution in [0.5, 0.6) is 0 Å². The van der Waals surface area contributed by atoms with Crippen LogP contribution < -0.4 is 0 Å². The highest BCUT2D eigenvalue weighted by Gasteiger charge is 2.44. The Labute approximate surface area is 93.5 Å². The van der Waals surface area contributed by atoms with E-state index in [9.17, 15) is 9.50 Å². The Morgan fingerprint density at radius 3 is 2.69 bits per heavy atom. The van der Waals surface area contributed by atoms with Gasteiger partial charge in [0, 0.05) is 5.41 Å². The highest BCUT2D eigenvalue weighted by Crippen LogP contribution is 2.49. The molecule has 0 unspecified atom stereocenters. The van der Waals surface area contributed by atoms with Crippen molar-refractivity contribution in [2.24, 2.45) is 0 Å². The Morgan fingerprint density at radius 1 is 1.19 bits per heavy atom. The molecule has 1 N–H and O–H groups in total. The van der Waals surface area contributed by atoms with Crippen LogP contribution in [0.2, 0.25) is 0 Å². The molecular formula is C14H13FO. The molecule has 0 radical (unpaired) electrons. The van der Waals surface area contributed by atoms with Gasteiger partial charge < -0.3 is 5.11 Å². The maximum atomic E-state index is 13.1. The molecule has 3 rings (SSSR count). The van der Waals surface area contributed by atoms with Crippen molar-refractivity contribution in [3.05, 3.63) is 47.8 Å². The summed E-state index contributed by atoms with van der Waals surface area (Å²) in [6, 6.07) is 10.7. The quantitative estimate of drug-likeness (QED) is 0.818. The van der Waals surface area contributed by atoms with Crippen LogP contribution in [0.1, 0.15) is 18.4 Å². The number of fused-ring (bicyclic) bond motifs is 1. The molecule has 82 valence electrons. The standard InChI is InChI=1S/C14H13FO/c15-11-4-5-12-10(8-11)2-1-3-13(12)14(9-16)6-7-14/h1-5,8,16H,6-7,9H2. The first-order valence-electron chi connectivity index (χ1n) is 5.55. The van der Waals surface area contributed by atoms with E-state index >= 15 is 0 Å². The number of rotatable bonds is 2. The molecule has 0 atom stereocenters. The van der Waals surface area contributed by atoms with Crippen LogP contribution in [0.3, 0.4) is 0 Å². The average molecular weight is 216 g/mol. The molecule has 0 bridgehead atoms. The van der Waals surface area contributed by atoms with Gasteiger partial charge in [0.2, 0.25) is 0 Å². The lowest BCUT2D eigenvalue weighted by atomic mass is 9.91. The lowest BCUT2D eigenvalue weighted by molar-refractivity contribution is 0.256. The van der Waals surface area contributed by atoms with E-state index in [2.05, 4.69) is 0 Å². The Hall–Kier alpha value is -1.41. The SMILES string of the molecule is OCC1(c2cccc3cc(F)ccc23)CC1. The molecule has 1 nitrogen and oxygen atoms in total. The van der Waals surface area contributed by atoms with Crippen molar-refractivity contribution in [3.8, 4) is 0 Å². The smallest absolute Gasteiger partial charge is 0.123 e. The minimum absolute atomic E-state index is 0.0582. The van der Waals surface area contributed by atoms with Gasteiger partial charge in [-0.15, -0.1) is 0 Å². The van der Waals surface area contributed by atoms with Crippen molar-refractivity contribution in [2.75, 3.05) is 6.61 Å². The summed E-state index contributed by atoms with van der Waals surface area (Å²) in [6.45, 7) is 0.184. The van der Waals surface area contributed by atoms with Gasteiger partial charge in [-0.05, 0) is 41.3 Å². The predicted octanol–water partition coefficient (Wildman–Crippen LogP) is 3.00. The highest BCUT2D eigenvalue weighted by molar-refractivity contribution is 5.87. The largest absolute Gasteiger partial charge is 0.395 e. The minimum atomic E-state index is -0.210. The summed E-state index contributed by atoms with van der Waals surface area (Å²) in [5.41, 5.74) is 1.10. The molecule has 0 saturated heterocycles. The van der Waals surface area contributed by atoms with Gasteiger partial charge in [-0.2, -0.15) is 0 Å². The van der Waals surface area contributed by atoms with Gasteiger partial charge in [-0.3, -0.25) is 0 Å². The molecule has 1 saturated carbocycles. The molecule has 0 aromatic heterocycles. The maximum Gasteiger partial charge on any atom is 0.123 e. The van der Waals surface area contributed by atoms with E-state index in [1.165, 1.54) is 6.07 Å². The third-order valence-corrected chi connectivity index (χ3v) is 3.57. The van der Waals surface area contributed by atoms with Gasteiger partial charge in [0.1, 0.15) is 5.82 Å². The zero-order valence-electron chi connectivity index (χ0n) is 8.91. The third kappa shape index (κ3) is 1.34. The monoisotopic (exact) mass is 216 g/mol. The third-order valence-electron chi connectivity index (χ3n) is 3.57. The summed E-state index contributed by atoms with van der Waals surface area (Å²) in [7, 11) is 0. The minimum Gasteiger partial charge on any atom is -0.395 e. The molecule has 1 aliphatic carbocycles. The van der Waals surface area contributed by atoms with Gasteiger partial charge in [-0.1, -0.05) is 24.3 Å². The van der Waals surface area contributed by atoms with Crippen molar-refractivity contribution >= 4 is 10.8 Å². The highest BCUT2D eigenvalue weighted by atomic mass is 19.1. The summed E-state index contributed by atoms with van der Waals surface area (Å²) in [5, 5.41) is 11.4. The number of benzene rings is 2. The Balaban J connectivity index is 2.26. The van der Waals surface area contributed by atoms with Gasteiger partial charge in [0.15, 0.2) is 0 Å². The van der Waals surface area contributed by atoms with E-state index in [1.807, 2.05) is 24.3 Å². The van der Waals surface area contributed by atoms with Crippen molar-refractivity contribution in [1.29, 1.82) is 0 Å². The maximum absolute atomic E-state index is 13.1. The second kappa shape index (κ2) is 3.29. The summed E-state index contributed by atoms with van der Waals surface area (Å²) in [6.07, 6.45) is 2.06. The first-order valence-corrected chi connectivity index (χ1v) is 5.55. The van der Waals surface area contributed by atoms with E-state index in [0.717, 1.165) is 29.2 Å². The number of hydrogen-bond acceptors (Lipinski definition) is 1. The Morgan fingerprint density at radius 2 is 2.00 bits per heavy atom. The van der Waals surface area contributed by atoms with E-state index in [0.29, 0.717) is 0 Å². The average Bonchev–Trinajstić information content (AvgIpc) is 3.08. The lowest BCUT2D eigenvalue weighted by Gasteiger charge is -2.15. The second-order valence-corrected chi connectivity index (χ2v) is 4.61. The molecule has 2 aromatic rings. The number of hydrogen-bond donors (Lipinski definition) is 1. The zero-order chi connectivity index (χ0) is 11.2. The summed E-state index contributed by atoms with van der Waals surface area (Å²) in [4.78, 5) is 0. The van der Waals surface area contributed by atoms with Gasteiger partial charge in [0.25, 0.3) is 0 Å². The Kier molecular flexibility index (Phi) is 2.01. The van der Waals surface area contributed by atoms with Crippen LogP contribution in [0.25, 0.3) is 10.8 Å². The van der Waals surface area contributed by atoms with E-state index < -0.39 is 0 Å². The zero-order valence-corrected chi connectivity index (χ0v) is 8.91. The van der Waals surface area contributed by atoms with Gasteiger partial charge in [-0.25, -0.2) is 4.39 Å². The normalized spacial score (nSPS) is 17.6. The fourth-order valence-electron chi connectivity index (χ4n) is 2.38. The van der Waals surface area contributed by atoms with Crippen LogP contribution in [-0.4, -0.2) is 11.7 Å². The molecule has 0 spiro atoms. The fourth-order valence-corrected chi connectivity index (χ4v) is 2.38. The van der Waals surface area contributed by atoms with Crippen molar-refractivity contribution < 1.29 is 9.50 Å². The van der Waals surface area contributed by atoms with Crippen molar-refractivity contribution in [1.82, 2.24) is 0 Å². The molecular weight excluding hydrogens is 203 g/mol. The second-order valence-electron chi connectivity index (χ2n) is 4.61. The summed E-state index contributed by atoms with van der Waals surface area (Å²) < 4.78 is 13.1. The number of halogens is 1. The van der Waals surface area contributed by atoms with Gasteiger partial charge >= 0.3 is 0 Å². The first-order chi connectivity index (χ1) is 7.75. The molecule has 2 aromatic carbocycles. The van der Waals surface area contributed by atoms with E-state index in [1.54, 1.807) is 6.07 Å². The Bertz CT molecular complexity index is 543. The number of aliphatic hydroxyl groups excluding tert-OH is 1. The van der Waals surface area contributed by atoms with Crippen molar-refractivity contribution in [3.63, 3.8) is 0 Å². The molecule has 16 heavy (non-hydrogen) atoms. The van der Waals surface area contributed by atoms with Crippen LogP contribution in [-0.2, 0) is 5.41 Å². The van der Waals surface area contributed by atoms with Crippen LogP contribution >= 0.6 is 0 Å². The summed E-state index contributed by atoms with van der Waals surface area (Å²) >= 11 is 0. The predicted molar refractivity (Wildman–Crippen MR) is 61.9 cm³/mol. The first kappa shape index (κ1) is 9.79. The lowest BCUT2D eigenvalue weighted by Crippen LogP contribution is -2.12. The summed E-state index contributed by atoms with van der Waals surface area (Å²) in [5.74, 6) is -0.210. The molecule has 0 amide bonds.